The van der Waals surface area contributed by atoms with Gasteiger partial charge in [0.25, 0.3) is 11.1 Å². The van der Waals surface area contributed by atoms with Gasteiger partial charge in [-0.2, -0.15) is 5.10 Å². The Hall–Kier alpha value is -4.44. The van der Waals surface area contributed by atoms with Gasteiger partial charge < -0.3 is 19.4 Å². The molecule has 38 heavy (non-hydrogen) atoms. The highest BCUT2D eigenvalue weighted by Gasteiger charge is 2.31. The molecule has 1 aliphatic carbocycles. The fourth-order valence-corrected chi connectivity index (χ4v) is 5.51. The summed E-state index contributed by atoms with van der Waals surface area (Å²) in [6.45, 7) is 4.13. The number of aromatic nitrogens is 6. The standard InChI is InChI=1S/C28H29N7O3/c1-28(2)13-17-12-22-27(38)35(10-9-34(22)23(17)14-28)25-20(16-36)19(5-7-29-25)18-11-21(26(37)32(3)15-18)30-24-6-8-33(4)31-24/h5-12,15,36H,13-14,16H2,1-4H3,(H,30,31). The normalized spacial score (nSPS) is 14.2. The Morgan fingerprint density at radius 2 is 1.87 bits per heavy atom. The molecule has 0 unspecified atom stereocenters. The van der Waals surface area contributed by atoms with E-state index in [-0.39, 0.29) is 23.1 Å². The molecule has 0 bridgehead atoms. The van der Waals surface area contributed by atoms with Crippen molar-refractivity contribution in [2.45, 2.75) is 33.3 Å². The molecule has 6 rings (SSSR count). The van der Waals surface area contributed by atoms with E-state index in [1.165, 1.54) is 20.4 Å². The zero-order chi connectivity index (χ0) is 26.8. The predicted molar refractivity (Wildman–Crippen MR) is 145 cm³/mol. The first-order chi connectivity index (χ1) is 18.1. The van der Waals surface area contributed by atoms with E-state index >= 15 is 0 Å². The number of fused-ring (bicyclic) bond motifs is 3. The SMILES string of the molecule is Cn1ccc(Nc2cc(-c3ccnc(-n4ccn5c6c(cc5c4=O)CC(C)(C)C6)c3CO)cn(C)c2=O)n1. The van der Waals surface area contributed by atoms with Crippen LogP contribution in [0.3, 0.4) is 0 Å². The van der Waals surface area contributed by atoms with E-state index in [9.17, 15) is 14.7 Å². The third-order valence-electron chi connectivity index (χ3n) is 7.24. The monoisotopic (exact) mass is 511 g/mol. The van der Waals surface area contributed by atoms with Gasteiger partial charge in [0.05, 0.1) is 6.61 Å². The molecule has 0 saturated carbocycles. The summed E-state index contributed by atoms with van der Waals surface area (Å²) >= 11 is 0. The van der Waals surface area contributed by atoms with Gasteiger partial charge in [0.1, 0.15) is 17.0 Å². The molecule has 0 fully saturated rings. The maximum Gasteiger partial charge on any atom is 0.280 e. The summed E-state index contributed by atoms with van der Waals surface area (Å²) in [6, 6.07) is 7.25. The van der Waals surface area contributed by atoms with Crippen LogP contribution in [0.4, 0.5) is 11.5 Å². The maximum absolute atomic E-state index is 13.6. The molecule has 2 N–H and O–H groups in total. The molecule has 5 aromatic heterocycles. The average molecular weight is 512 g/mol. The summed E-state index contributed by atoms with van der Waals surface area (Å²) in [5, 5.41) is 17.8. The fraction of sp³-hybridized carbons (Fsp3) is 0.286. The quantitative estimate of drug-likeness (QED) is 0.375. The molecule has 0 aliphatic heterocycles. The van der Waals surface area contributed by atoms with Crippen LogP contribution in [0.15, 0.2) is 64.8 Å². The van der Waals surface area contributed by atoms with Gasteiger partial charge in [-0.3, -0.25) is 18.8 Å². The first kappa shape index (κ1) is 23.9. The topological polar surface area (TPSA) is 111 Å². The van der Waals surface area contributed by atoms with Crippen LogP contribution in [-0.2, 0) is 33.5 Å². The van der Waals surface area contributed by atoms with Crippen LogP contribution in [0, 0.1) is 5.41 Å². The van der Waals surface area contributed by atoms with Crippen molar-refractivity contribution < 1.29 is 5.11 Å². The highest BCUT2D eigenvalue weighted by molar-refractivity contribution is 5.73. The fourth-order valence-electron chi connectivity index (χ4n) is 5.51. The molecular formula is C28H29N7O3. The molecule has 10 heteroatoms. The molecule has 0 atom stereocenters. The second-order valence-corrected chi connectivity index (χ2v) is 10.7. The molecule has 194 valence electrons. The van der Waals surface area contributed by atoms with Crippen molar-refractivity contribution in [3.05, 3.63) is 92.8 Å². The number of hydrogen-bond acceptors (Lipinski definition) is 6. The molecule has 0 radical (unpaired) electrons. The lowest BCUT2D eigenvalue weighted by Crippen LogP contribution is -2.23. The Balaban J connectivity index is 1.47. The van der Waals surface area contributed by atoms with Gasteiger partial charge in [-0.05, 0) is 47.6 Å². The summed E-state index contributed by atoms with van der Waals surface area (Å²) in [5.41, 5.74) is 4.93. The van der Waals surface area contributed by atoms with Crippen LogP contribution < -0.4 is 16.4 Å². The van der Waals surface area contributed by atoms with Gasteiger partial charge in [-0.25, -0.2) is 4.98 Å². The number of nitrogens with zero attached hydrogens (tertiary/aromatic N) is 6. The van der Waals surface area contributed by atoms with Crippen molar-refractivity contribution in [2.75, 3.05) is 5.32 Å². The summed E-state index contributed by atoms with van der Waals surface area (Å²) in [4.78, 5) is 30.9. The lowest BCUT2D eigenvalue weighted by molar-refractivity contribution is 0.281. The van der Waals surface area contributed by atoms with Gasteiger partial charge >= 0.3 is 0 Å². The number of aryl methyl sites for hydroxylation is 2. The Kier molecular flexibility index (Phi) is 5.39. The van der Waals surface area contributed by atoms with Crippen LogP contribution in [0.25, 0.3) is 22.5 Å². The average Bonchev–Trinajstić information content (AvgIpc) is 3.53. The van der Waals surface area contributed by atoms with Crippen LogP contribution in [0.5, 0.6) is 0 Å². The number of nitrogens with one attached hydrogen (secondary N) is 1. The zero-order valence-electron chi connectivity index (χ0n) is 21.8. The third kappa shape index (κ3) is 3.84. The van der Waals surface area contributed by atoms with Crippen molar-refractivity contribution in [3.8, 4) is 16.9 Å². The highest BCUT2D eigenvalue weighted by Crippen LogP contribution is 2.37. The van der Waals surface area contributed by atoms with Gasteiger partial charge in [0.2, 0.25) is 0 Å². The molecular weight excluding hydrogens is 482 g/mol. The molecule has 10 nitrogen and oxygen atoms in total. The maximum atomic E-state index is 13.6. The lowest BCUT2D eigenvalue weighted by atomic mass is 9.90. The number of anilines is 2. The second-order valence-electron chi connectivity index (χ2n) is 10.7. The van der Waals surface area contributed by atoms with Crippen molar-refractivity contribution in [1.29, 1.82) is 0 Å². The number of hydrogen-bond donors (Lipinski definition) is 2. The van der Waals surface area contributed by atoms with Crippen molar-refractivity contribution in [1.82, 2.24) is 28.3 Å². The van der Waals surface area contributed by atoms with Gasteiger partial charge in [-0.1, -0.05) is 13.8 Å². The van der Waals surface area contributed by atoms with E-state index in [1.807, 2.05) is 16.7 Å². The predicted octanol–water partition coefficient (Wildman–Crippen LogP) is 2.95. The Labute approximate surface area is 218 Å². The van der Waals surface area contributed by atoms with Crippen molar-refractivity contribution in [3.63, 3.8) is 0 Å². The van der Waals surface area contributed by atoms with Gasteiger partial charge in [0.15, 0.2) is 5.82 Å². The molecule has 0 spiro atoms. The number of aliphatic hydroxyl groups excluding tert-OH is 1. The van der Waals surface area contributed by atoms with E-state index in [1.54, 1.807) is 61.8 Å². The number of pyridine rings is 2. The van der Waals surface area contributed by atoms with Crippen LogP contribution in [0.1, 0.15) is 30.7 Å². The Bertz CT molecular complexity index is 1840. The Morgan fingerprint density at radius 3 is 2.61 bits per heavy atom. The molecule has 0 amide bonds. The minimum atomic E-state index is -0.340. The van der Waals surface area contributed by atoms with Crippen molar-refractivity contribution in [2.24, 2.45) is 19.5 Å². The smallest absolute Gasteiger partial charge is 0.280 e. The first-order valence-electron chi connectivity index (χ1n) is 12.5. The molecule has 5 aromatic rings. The second kappa shape index (κ2) is 8.56. The highest BCUT2D eigenvalue weighted by atomic mass is 16.3. The van der Waals surface area contributed by atoms with E-state index in [2.05, 4.69) is 29.2 Å². The van der Waals surface area contributed by atoms with E-state index < -0.39 is 0 Å². The Morgan fingerprint density at radius 1 is 1.05 bits per heavy atom. The van der Waals surface area contributed by atoms with E-state index in [0.717, 1.165) is 12.8 Å². The lowest BCUT2D eigenvalue weighted by Gasteiger charge is -2.17. The third-order valence-corrected chi connectivity index (χ3v) is 7.24. The number of aliphatic hydroxyl groups is 1. The van der Waals surface area contributed by atoms with Crippen LogP contribution in [0.2, 0.25) is 0 Å². The molecule has 0 aromatic carbocycles. The molecule has 1 aliphatic rings. The summed E-state index contributed by atoms with van der Waals surface area (Å²) in [5.74, 6) is 0.897. The summed E-state index contributed by atoms with van der Waals surface area (Å²) in [6.07, 6.45) is 10.5. The zero-order valence-corrected chi connectivity index (χ0v) is 21.8. The van der Waals surface area contributed by atoms with Crippen molar-refractivity contribution >= 4 is 17.0 Å². The molecule has 5 heterocycles. The summed E-state index contributed by atoms with van der Waals surface area (Å²) < 4.78 is 6.59. The number of rotatable bonds is 5. The van der Waals surface area contributed by atoms with Gasteiger partial charge in [0, 0.05) is 68.0 Å². The van der Waals surface area contributed by atoms with E-state index in [0.29, 0.717) is 39.5 Å². The minimum absolute atomic E-state index is 0.181. The minimum Gasteiger partial charge on any atom is -0.392 e. The first-order valence-corrected chi connectivity index (χ1v) is 12.5. The van der Waals surface area contributed by atoms with Crippen LogP contribution >= 0.6 is 0 Å². The van der Waals surface area contributed by atoms with Gasteiger partial charge in [-0.15, -0.1) is 0 Å². The summed E-state index contributed by atoms with van der Waals surface area (Å²) in [7, 11) is 3.47. The molecule has 0 saturated heterocycles. The van der Waals surface area contributed by atoms with Crippen LogP contribution in [-0.4, -0.2) is 33.4 Å². The van der Waals surface area contributed by atoms with E-state index in [4.69, 9.17) is 0 Å². The largest absolute Gasteiger partial charge is 0.392 e.